The summed E-state index contributed by atoms with van der Waals surface area (Å²) in [6.07, 6.45) is 3.86. The highest BCUT2D eigenvalue weighted by Crippen LogP contribution is 2.18. The van der Waals surface area contributed by atoms with Gasteiger partial charge < -0.3 is 5.32 Å². The van der Waals surface area contributed by atoms with Gasteiger partial charge in [-0.1, -0.05) is 44.4 Å². The van der Waals surface area contributed by atoms with Gasteiger partial charge in [0.2, 0.25) is 0 Å². The summed E-state index contributed by atoms with van der Waals surface area (Å²) in [5.41, 5.74) is 1.39. The van der Waals surface area contributed by atoms with E-state index in [2.05, 4.69) is 27.2 Å². The lowest BCUT2D eigenvalue weighted by Crippen LogP contribution is -2.35. The largest absolute Gasteiger partial charge is 0.330 e. The lowest BCUT2D eigenvalue weighted by Gasteiger charge is -2.08. The van der Waals surface area contributed by atoms with Gasteiger partial charge in [0, 0.05) is 17.8 Å². The zero-order valence-corrected chi connectivity index (χ0v) is 17.2. The summed E-state index contributed by atoms with van der Waals surface area (Å²) in [7, 11) is 0. The van der Waals surface area contributed by atoms with Crippen LogP contribution in [0.4, 0.5) is 5.69 Å². The number of nitrogens with zero attached hydrogens (tertiary/aromatic N) is 3. The second-order valence-corrected chi connectivity index (χ2v) is 7.39. The quantitative estimate of drug-likeness (QED) is 0.353. The van der Waals surface area contributed by atoms with Gasteiger partial charge in [-0.15, -0.1) is 0 Å². The third-order valence-electron chi connectivity index (χ3n) is 5.11. The predicted octanol–water partition coefficient (Wildman–Crippen LogP) is 3.47. The number of carbonyl (C=O) groups is 1. The smallest absolute Gasteiger partial charge is 0.322 e. The highest BCUT2D eigenvalue weighted by atomic mass is 16.2. The van der Waals surface area contributed by atoms with Crippen molar-refractivity contribution >= 4 is 33.8 Å². The van der Waals surface area contributed by atoms with E-state index in [-0.39, 0.29) is 17.1 Å². The fraction of sp³-hybridized carbons (Fsp3) is 0.261. The number of carbonyl (C=O) groups excluding carboxylic acids is 1. The van der Waals surface area contributed by atoms with Crippen LogP contribution >= 0.6 is 0 Å². The van der Waals surface area contributed by atoms with Crippen LogP contribution in [0.2, 0.25) is 0 Å². The topological polar surface area (TPSA) is 110 Å². The lowest BCUT2D eigenvalue weighted by molar-refractivity contribution is 0.102. The first-order chi connectivity index (χ1) is 15.1. The number of unbranched alkanes of at least 4 members (excludes halogenated alkanes) is 3. The fourth-order valence-electron chi connectivity index (χ4n) is 3.45. The van der Waals surface area contributed by atoms with Gasteiger partial charge in [-0.3, -0.25) is 19.1 Å². The molecule has 31 heavy (non-hydrogen) atoms. The minimum absolute atomic E-state index is 0.128. The SMILES string of the molecule is CCCCCCn1c(=O)[nH]c2nc3cc(NC(=O)c4ccccc4)ccc3nc2c1=O. The molecule has 0 aliphatic heterocycles. The molecular weight excluding hydrogens is 394 g/mol. The number of aromatic nitrogens is 4. The van der Waals surface area contributed by atoms with Gasteiger partial charge in [0.05, 0.1) is 11.0 Å². The summed E-state index contributed by atoms with van der Waals surface area (Å²) in [4.78, 5) is 49.1. The number of anilines is 1. The molecular formula is C23H23N5O3. The Kier molecular flexibility index (Phi) is 5.88. The minimum atomic E-state index is -0.490. The number of nitrogens with one attached hydrogen (secondary N) is 2. The lowest BCUT2D eigenvalue weighted by atomic mass is 10.2. The maximum atomic E-state index is 12.8. The number of amides is 1. The van der Waals surface area contributed by atoms with Crippen LogP contribution in [0.25, 0.3) is 22.2 Å². The average molecular weight is 417 g/mol. The molecule has 0 spiro atoms. The van der Waals surface area contributed by atoms with Crippen LogP contribution in [-0.4, -0.2) is 25.4 Å². The van der Waals surface area contributed by atoms with E-state index in [9.17, 15) is 14.4 Å². The number of fused-ring (bicyclic) bond motifs is 2. The number of hydrogen-bond donors (Lipinski definition) is 2. The maximum absolute atomic E-state index is 12.8. The van der Waals surface area contributed by atoms with E-state index in [0.29, 0.717) is 28.8 Å². The Morgan fingerprint density at radius 1 is 1.00 bits per heavy atom. The van der Waals surface area contributed by atoms with Crippen molar-refractivity contribution in [2.75, 3.05) is 5.32 Å². The zero-order chi connectivity index (χ0) is 21.8. The van der Waals surface area contributed by atoms with Crippen molar-refractivity contribution in [3.05, 3.63) is 74.9 Å². The molecule has 158 valence electrons. The molecule has 8 nitrogen and oxygen atoms in total. The Balaban J connectivity index is 1.66. The van der Waals surface area contributed by atoms with E-state index >= 15 is 0 Å². The van der Waals surface area contributed by atoms with Crippen molar-refractivity contribution in [1.82, 2.24) is 19.5 Å². The van der Waals surface area contributed by atoms with Crippen LogP contribution in [0.1, 0.15) is 43.0 Å². The highest BCUT2D eigenvalue weighted by Gasteiger charge is 2.12. The molecule has 0 radical (unpaired) electrons. The molecule has 0 aliphatic carbocycles. The van der Waals surface area contributed by atoms with Gasteiger partial charge >= 0.3 is 5.69 Å². The highest BCUT2D eigenvalue weighted by molar-refractivity contribution is 6.05. The number of rotatable bonds is 7. The van der Waals surface area contributed by atoms with Gasteiger partial charge in [0.1, 0.15) is 0 Å². The normalized spacial score (nSPS) is 11.1. The van der Waals surface area contributed by atoms with Gasteiger partial charge in [0.25, 0.3) is 11.5 Å². The second-order valence-electron chi connectivity index (χ2n) is 7.39. The number of H-pyrrole nitrogens is 1. The van der Waals surface area contributed by atoms with E-state index in [1.165, 1.54) is 4.57 Å². The molecule has 0 fully saturated rings. The molecule has 4 rings (SSSR count). The molecule has 0 saturated heterocycles. The van der Waals surface area contributed by atoms with Crippen LogP contribution in [0.3, 0.4) is 0 Å². The molecule has 0 saturated carbocycles. The maximum Gasteiger partial charge on any atom is 0.330 e. The third-order valence-corrected chi connectivity index (χ3v) is 5.11. The number of aromatic amines is 1. The van der Waals surface area contributed by atoms with Crippen molar-refractivity contribution < 1.29 is 4.79 Å². The predicted molar refractivity (Wildman–Crippen MR) is 120 cm³/mol. The summed E-state index contributed by atoms with van der Waals surface area (Å²) in [6.45, 7) is 2.46. The summed E-state index contributed by atoms with van der Waals surface area (Å²) in [6, 6.07) is 13.9. The molecule has 0 bridgehead atoms. The van der Waals surface area contributed by atoms with E-state index < -0.39 is 11.2 Å². The Morgan fingerprint density at radius 2 is 1.81 bits per heavy atom. The molecule has 8 heteroatoms. The summed E-state index contributed by atoms with van der Waals surface area (Å²) in [5.74, 6) is -0.243. The third kappa shape index (κ3) is 4.37. The van der Waals surface area contributed by atoms with Crippen LogP contribution in [-0.2, 0) is 6.54 Å². The Morgan fingerprint density at radius 3 is 2.58 bits per heavy atom. The van der Waals surface area contributed by atoms with E-state index in [1.807, 2.05) is 6.07 Å². The molecule has 0 unspecified atom stereocenters. The molecule has 2 heterocycles. The van der Waals surface area contributed by atoms with Gasteiger partial charge in [-0.2, -0.15) is 0 Å². The van der Waals surface area contributed by atoms with Crippen molar-refractivity contribution in [3.63, 3.8) is 0 Å². The molecule has 4 aromatic rings. The van der Waals surface area contributed by atoms with Crippen LogP contribution in [0.15, 0.2) is 58.1 Å². The first-order valence-corrected chi connectivity index (χ1v) is 10.4. The molecule has 1 amide bonds. The first-order valence-electron chi connectivity index (χ1n) is 10.4. The van der Waals surface area contributed by atoms with Crippen LogP contribution in [0, 0.1) is 0 Å². The zero-order valence-electron chi connectivity index (χ0n) is 17.2. The summed E-state index contributed by atoms with van der Waals surface area (Å²) in [5, 5.41) is 2.82. The van der Waals surface area contributed by atoms with Crippen LogP contribution in [0.5, 0.6) is 0 Å². The first kappa shape index (κ1) is 20.5. The number of benzene rings is 2. The Labute approximate surface area is 178 Å². The van der Waals surface area contributed by atoms with Crippen LogP contribution < -0.4 is 16.6 Å². The van der Waals surface area contributed by atoms with Gasteiger partial charge in [-0.25, -0.2) is 14.8 Å². The van der Waals surface area contributed by atoms with Crippen molar-refractivity contribution in [3.8, 4) is 0 Å². The Hall–Kier alpha value is -3.81. The number of hydrogen-bond acceptors (Lipinski definition) is 5. The Bertz CT molecular complexity index is 1360. The minimum Gasteiger partial charge on any atom is -0.322 e. The van der Waals surface area contributed by atoms with Gasteiger partial charge in [0.15, 0.2) is 11.2 Å². The molecule has 0 aliphatic rings. The van der Waals surface area contributed by atoms with Crippen molar-refractivity contribution in [2.24, 2.45) is 0 Å². The van der Waals surface area contributed by atoms with E-state index in [4.69, 9.17) is 0 Å². The fourth-order valence-corrected chi connectivity index (χ4v) is 3.45. The second kappa shape index (κ2) is 8.91. The standard InChI is InChI=1S/C23H23N5O3/c1-2-3-4-8-13-28-22(30)19-20(27-23(28)31)26-18-14-16(11-12-17(18)25-19)24-21(29)15-9-6-5-7-10-15/h5-7,9-12,14H,2-4,8,13H2,1H3,(H,24,29)(H,26,27,31). The summed E-state index contributed by atoms with van der Waals surface area (Å²) >= 11 is 0. The van der Waals surface area contributed by atoms with E-state index in [0.717, 1.165) is 25.7 Å². The molecule has 0 atom stereocenters. The summed E-state index contributed by atoms with van der Waals surface area (Å²) < 4.78 is 1.19. The van der Waals surface area contributed by atoms with Gasteiger partial charge in [-0.05, 0) is 36.8 Å². The van der Waals surface area contributed by atoms with Crippen molar-refractivity contribution in [2.45, 2.75) is 39.2 Å². The van der Waals surface area contributed by atoms with E-state index in [1.54, 1.807) is 42.5 Å². The molecule has 2 N–H and O–H groups in total. The monoisotopic (exact) mass is 417 g/mol. The molecule has 2 aromatic carbocycles. The van der Waals surface area contributed by atoms with Crippen molar-refractivity contribution in [1.29, 1.82) is 0 Å². The average Bonchev–Trinajstić information content (AvgIpc) is 2.78. The molecule has 2 aromatic heterocycles.